The van der Waals surface area contributed by atoms with Crippen LogP contribution >= 0.6 is 11.6 Å². The maximum absolute atomic E-state index is 11.2. The first kappa shape index (κ1) is 10.8. The van der Waals surface area contributed by atoms with E-state index in [-0.39, 0.29) is 17.5 Å². The molecule has 0 aliphatic carbocycles. The Morgan fingerprint density at radius 3 is 2.47 bits per heavy atom. The number of hydrogen-bond donors (Lipinski definition) is 1. The maximum Gasteiger partial charge on any atom is 0.152 e. The van der Waals surface area contributed by atoms with Gasteiger partial charge < -0.3 is 5.32 Å². The van der Waals surface area contributed by atoms with Gasteiger partial charge in [0.2, 0.25) is 0 Å². The Labute approximate surface area is 94.4 Å². The summed E-state index contributed by atoms with van der Waals surface area (Å²) in [5, 5.41) is 3.87. The van der Waals surface area contributed by atoms with E-state index in [1.165, 1.54) is 0 Å². The van der Waals surface area contributed by atoms with E-state index in [0.717, 1.165) is 5.69 Å². The summed E-state index contributed by atoms with van der Waals surface area (Å²) in [6, 6.07) is 7.32. The predicted octanol–water partition coefficient (Wildman–Crippen LogP) is 1.94. The smallest absolute Gasteiger partial charge is 0.152 e. The van der Waals surface area contributed by atoms with Crippen molar-refractivity contribution in [2.24, 2.45) is 0 Å². The number of rotatable bonds is 2. The molecule has 0 saturated carbocycles. The van der Waals surface area contributed by atoms with Crippen LogP contribution in [0.4, 0.5) is 5.69 Å². The third-order valence-electron chi connectivity index (χ3n) is 2.45. The van der Waals surface area contributed by atoms with E-state index in [2.05, 4.69) is 5.32 Å². The van der Waals surface area contributed by atoms with Gasteiger partial charge in [0.05, 0.1) is 11.5 Å². The Hall–Kier alpha value is -0.740. The molecule has 1 heterocycles. The summed E-state index contributed by atoms with van der Waals surface area (Å²) >= 11 is 5.75. The molecule has 3 nitrogen and oxygen atoms in total. The van der Waals surface area contributed by atoms with Gasteiger partial charge in [-0.3, -0.25) is 0 Å². The van der Waals surface area contributed by atoms with Crippen molar-refractivity contribution < 1.29 is 8.42 Å². The number of anilines is 1. The molecule has 0 bridgehead atoms. The fourth-order valence-corrected chi connectivity index (χ4v) is 3.49. The lowest BCUT2D eigenvalue weighted by atomic mass is 10.2. The van der Waals surface area contributed by atoms with Gasteiger partial charge in [0, 0.05) is 16.8 Å². The zero-order valence-corrected chi connectivity index (χ0v) is 9.68. The SMILES string of the molecule is O=S1(=O)CC[C@H](Nc2ccc(Cl)cc2)C1. The fraction of sp³-hybridized carbons (Fsp3) is 0.400. The van der Waals surface area contributed by atoms with Crippen molar-refractivity contribution in [3.63, 3.8) is 0 Å². The lowest BCUT2D eigenvalue weighted by Gasteiger charge is -2.11. The molecule has 1 aliphatic rings. The van der Waals surface area contributed by atoms with Gasteiger partial charge in [-0.2, -0.15) is 0 Å². The Morgan fingerprint density at radius 2 is 1.93 bits per heavy atom. The highest BCUT2D eigenvalue weighted by molar-refractivity contribution is 7.91. The number of hydrogen-bond acceptors (Lipinski definition) is 3. The van der Waals surface area contributed by atoms with Crippen molar-refractivity contribution >= 4 is 27.1 Å². The number of nitrogens with one attached hydrogen (secondary N) is 1. The van der Waals surface area contributed by atoms with Crippen molar-refractivity contribution in [2.75, 3.05) is 16.8 Å². The Balaban J connectivity index is 2.02. The first-order chi connectivity index (χ1) is 7.05. The van der Waals surface area contributed by atoms with E-state index in [4.69, 9.17) is 11.6 Å². The van der Waals surface area contributed by atoms with Crippen LogP contribution < -0.4 is 5.32 Å². The van der Waals surface area contributed by atoms with Crippen LogP contribution in [-0.4, -0.2) is 26.0 Å². The van der Waals surface area contributed by atoms with Gasteiger partial charge >= 0.3 is 0 Å². The average Bonchev–Trinajstić information content (AvgIpc) is 2.50. The summed E-state index contributed by atoms with van der Waals surface area (Å²) < 4.78 is 22.4. The van der Waals surface area contributed by atoms with Crippen LogP contribution in [-0.2, 0) is 9.84 Å². The molecule has 1 aromatic carbocycles. The quantitative estimate of drug-likeness (QED) is 0.866. The first-order valence-electron chi connectivity index (χ1n) is 4.78. The molecule has 1 atom stereocenters. The fourth-order valence-electron chi connectivity index (χ4n) is 1.69. The molecule has 1 aliphatic heterocycles. The summed E-state index contributed by atoms with van der Waals surface area (Å²) in [4.78, 5) is 0. The highest BCUT2D eigenvalue weighted by Crippen LogP contribution is 2.19. The second-order valence-corrected chi connectivity index (χ2v) is 6.42. The van der Waals surface area contributed by atoms with Crippen molar-refractivity contribution in [2.45, 2.75) is 12.5 Å². The van der Waals surface area contributed by atoms with Crippen molar-refractivity contribution in [1.29, 1.82) is 0 Å². The Morgan fingerprint density at radius 1 is 1.27 bits per heavy atom. The zero-order valence-electron chi connectivity index (χ0n) is 8.11. The van der Waals surface area contributed by atoms with Gasteiger partial charge in [-0.25, -0.2) is 8.42 Å². The standard InChI is InChI=1S/C10H12ClNO2S/c11-8-1-3-9(4-2-8)12-10-5-6-15(13,14)7-10/h1-4,10,12H,5-7H2/t10-/m0/s1. The molecule has 15 heavy (non-hydrogen) atoms. The third kappa shape index (κ3) is 2.86. The predicted molar refractivity (Wildman–Crippen MR) is 62.1 cm³/mol. The summed E-state index contributed by atoms with van der Waals surface area (Å²) in [5.41, 5.74) is 0.918. The van der Waals surface area contributed by atoms with E-state index in [0.29, 0.717) is 11.4 Å². The van der Waals surface area contributed by atoms with Gasteiger partial charge in [0.25, 0.3) is 0 Å². The molecule has 1 saturated heterocycles. The monoisotopic (exact) mass is 245 g/mol. The largest absolute Gasteiger partial charge is 0.381 e. The van der Waals surface area contributed by atoms with E-state index < -0.39 is 9.84 Å². The van der Waals surface area contributed by atoms with Gasteiger partial charge in [-0.1, -0.05) is 11.6 Å². The van der Waals surface area contributed by atoms with Crippen molar-refractivity contribution in [1.82, 2.24) is 0 Å². The van der Waals surface area contributed by atoms with Crippen LogP contribution in [0.15, 0.2) is 24.3 Å². The molecule has 1 fully saturated rings. The maximum atomic E-state index is 11.2. The minimum atomic E-state index is -2.81. The Kier molecular flexibility index (Phi) is 2.89. The number of benzene rings is 1. The van der Waals surface area contributed by atoms with Crippen molar-refractivity contribution in [3.05, 3.63) is 29.3 Å². The first-order valence-corrected chi connectivity index (χ1v) is 6.98. The lowest BCUT2D eigenvalue weighted by molar-refractivity contribution is 0.602. The number of sulfone groups is 1. The van der Waals surface area contributed by atoms with Crippen LogP contribution in [0.25, 0.3) is 0 Å². The lowest BCUT2D eigenvalue weighted by Crippen LogP contribution is -2.20. The zero-order chi connectivity index (χ0) is 10.9. The summed E-state index contributed by atoms with van der Waals surface area (Å²) in [7, 11) is -2.81. The van der Waals surface area contributed by atoms with Crippen LogP contribution in [0.3, 0.4) is 0 Å². The van der Waals surface area contributed by atoms with Gasteiger partial charge in [-0.15, -0.1) is 0 Å². The highest BCUT2D eigenvalue weighted by atomic mass is 35.5. The van der Waals surface area contributed by atoms with E-state index in [9.17, 15) is 8.42 Å². The molecular formula is C10H12ClNO2S. The second-order valence-electron chi connectivity index (χ2n) is 3.75. The molecule has 82 valence electrons. The minimum Gasteiger partial charge on any atom is -0.381 e. The van der Waals surface area contributed by atoms with E-state index in [1.54, 1.807) is 12.1 Å². The van der Waals surface area contributed by atoms with Crippen LogP contribution in [0.1, 0.15) is 6.42 Å². The Bertz CT molecular complexity index is 441. The molecule has 0 amide bonds. The molecule has 0 radical (unpaired) electrons. The van der Waals surface area contributed by atoms with Gasteiger partial charge in [0.15, 0.2) is 9.84 Å². The molecule has 2 rings (SSSR count). The van der Waals surface area contributed by atoms with Crippen LogP contribution in [0.2, 0.25) is 5.02 Å². The summed E-state index contributed by atoms with van der Waals surface area (Å²) in [5.74, 6) is 0.522. The summed E-state index contributed by atoms with van der Waals surface area (Å²) in [6.45, 7) is 0. The molecule has 0 spiro atoms. The number of halogens is 1. The minimum absolute atomic E-state index is 0.0381. The van der Waals surface area contributed by atoms with Gasteiger partial charge in [-0.05, 0) is 30.7 Å². The van der Waals surface area contributed by atoms with Crippen molar-refractivity contribution in [3.8, 4) is 0 Å². The molecular weight excluding hydrogens is 234 g/mol. The molecule has 0 unspecified atom stereocenters. The topological polar surface area (TPSA) is 46.2 Å². The molecule has 1 aromatic rings. The molecule has 5 heteroatoms. The third-order valence-corrected chi connectivity index (χ3v) is 4.47. The summed E-state index contributed by atoms with van der Waals surface area (Å²) in [6.07, 6.45) is 0.685. The highest BCUT2D eigenvalue weighted by Gasteiger charge is 2.27. The van der Waals surface area contributed by atoms with Gasteiger partial charge in [0.1, 0.15) is 0 Å². The molecule has 0 aromatic heterocycles. The molecule has 1 N–H and O–H groups in total. The van der Waals surface area contributed by atoms with E-state index >= 15 is 0 Å². The van der Waals surface area contributed by atoms with Crippen LogP contribution in [0, 0.1) is 0 Å². The second kappa shape index (κ2) is 4.02. The van der Waals surface area contributed by atoms with E-state index in [1.807, 2.05) is 12.1 Å². The normalized spacial score (nSPS) is 23.9. The average molecular weight is 246 g/mol. The van der Waals surface area contributed by atoms with Crippen LogP contribution in [0.5, 0.6) is 0 Å².